The number of piperazine rings is 1. The van der Waals surface area contributed by atoms with Gasteiger partial charge in [0.25, 0.3) is 0 Å². The van der Waals surface area contributed by atoms with E-state index in [2.05, 4.69) is 23.7 Å². The van der Waals surface area contributed by atoms with Gasteiger partial charge in [-0.25, -0.2) is 0 Å². The summed E-state index contributed by atoms with van der Waals surface area (Å²) in [5.41, 5.74) is 0. The summed E-state index contributed by atoms with van der Waals surface area (Å²) in [6.45, 7) is 8.35. The average molecular weight is 198 g/mol. The molecule has 80 valence electrons. The highest BCUT2D eigenvalue weighted by molar-refractivity contribution is 5.67. The minimum atomic E-state index is -0.741. The molecule has 4 heteroatoms. The summed E-state index contributed by atoms with van der Waals surface area (Å²) in [6.07, 6.45) is 2.05. The summed E-state index contributed by atoms with van der Waals surface area (Å²) < 4.78 is 0. The van der Waals surface area contributed by atoms with Crippen molar-refractivity contribution in [2.75, 3.05) is 19.6 Å². The molecule has 0 aliphatic carbocycles. The van der Waals surface area contributed by atoms with Gasteiger partial charge in [0.2, 0.25) is 0 Å². The molecule has 0 aromatic heterocycles. The lowest BCUT2D eigenvalue weighted by molar-refractivity contribution is -0.137. The van der Waals surface area contributed by atoms with E-state index >= 15 is 0 Å². The molecule has 1 aliphatic rings. The summed E-state index contributed by atoms with van der Waals surface area (Å²) in [5.74, 6) is -0.741. The molecule has 0 saturated carbocycles. The predicted molar refractivity (Wildman–Crippen MR) is 55.3 cm³/mol. The maximum atomic E-state index is 10.6. The van der Waals surface area contributed by atoms with Crippen molar-refractivity contribution in [3.8, 4) is 0 Å². The van der Waals surface area contributed by atoms with Crippen LogP contribution in [0.3, 0.4) is 0 Å². The fourth-order valence-corrected chi connectivity index (χ4v) is 1.95. The van der Waals surface area contributed by atoms with Crippen molar-refractivity contribution < 1.29 is 9.90 Å². The van der Waals surface area contributed by atoms with Crippen LogP contribution in [0.1, 0.15) is 13.3 Å². The van der Waals surface area contributed by atoms with Gasteiger partial charge in [0.05, 0.1) is 6.42 Å². The van der Waals surface area contributed by atoms with Crippen molar-refractivity contribution in [1.29, 1.82) is 0 Å². The zero-order chi connectivity index (χ0) is 10.6. The van der Waals surface area contributed by atoms with Crippen LogP contribution in [0, 0.1) is 0 Å². The first-order valence-electron chi connectivity index (χ1n) is 4.93. The largest absolute Gasteiger partial charge is 0.481 e. The van der Waals surface area contributed by atoms with Crippen molar-refractivity contribution in [2.45, 2.75) is 25.4 Å². The lowest BCUT2D eigenvalue weighted by Crippen LogP contribution is -2.55. The van der Waals surface area contributed by atoms with Gasteiger partial charge in [-0.15, -0.1) is 6.58 Å². The third kappa shape index (κ3) is 3.47. The molecule has 0 bridgehead atoms. The SMILES string of the molecule is C=CCN1CC(C)NC(CC(=O)O)C1. The Hall–Kier alpha value is -0.870. The molecular formula is C10H18N2O2. The molecule has 2 unspecified atom stereocenters. The van der Waals surface area contributed by atoms with Crippen molar-refractivity contribution in [3.05, 3.63) is 12.7 Å². The topological polar surface area (TPSA) is 52.6 Å². The molecule has 0 radical (unpaired) electrons. The molecule has 1 saturated heterocycles. The van der Waals surface area contributed by atoms with Crippen molar-refractivity contribution in [3.63, 3.8) is 0 Å². The van der Waals surface area contributed by atoms with Crippen LogP contribution in [0.2, 0.25) is 0 Å². The number of carboxylic acid groups (broad SMARTS) is 1. The van der Waals surface area contributed by atoms with E-state index in [9.17, 15) is 4.79 Å². The number of nitrogens with one attached hydrogen (secondary N) is 1. The second-order valence-electron chi connectivity index (χ2n) is 3.87. The van der Waals surface area contributed by atoms with Crippen LogP contribution in [0.5, 0.6) is 0 Å². The first-order chi connectivity index (χ1) is 6.61. The third-order valence-electron chi connectivity index (χ3n) is 2.34. The second-order valence-corrected chi connectivity index (χ2v) is 3.87. The Kier molecular flexibility index (Phi) is 4.10. The molecule has 4 nitrogen and oxygen atoms in total. The second kappa shape index (κ2) is 5.12. The minimum absolute atomic E-state index is 0.0659. The molecule has 1 heterocycles. The van der Waals surface area contributed by atoms with Crippen molar-refractivity contribution in [1.82, 2.24) is 10.2 Å². The molecule has 2 atom stereocenters. The van der Waals surface area contributed by atoms with Crippen molar-refractivity contribution >= 4 is 5.97 Å². The molecule has 2 N–H and O–H groups in total. The Morgan fingerprint density at radius 1 is 1.71 bits per heavy atom. The zero-order valence-corrected chi connectivity index (χ0v) is 8.57. The number of nitrogens with zero attached hydrogens (tertiary/aromatic N) is 1. The Balaban J connectivity index is 2.44. The summed E-state index contributed by atoms with van der Waals surface area (Å²) >= 11 is 0. The first kappa shape index (κ1) is 11.2. The van der Waals surface area contributed by atoms with Crippen molar-refractivity contribution in [2.24, 2.45) is 0 Å². The predicted octanol–water partition coefficient (Wildman–Crippen LogP) is 0.309. The fraction of sp³-hybridized carbons (Fsp3) is 0.700. The van der Waals surface area contributed by atoms with Gasteiger partial charge >= 0.3 is 5.97 Å². The van der Waals surface area contributed by atoms with E-state index in [0.29, 0.717) is 6.04 Å². The van der Waals surface area contributed by atoms with Crippen LogP contribution >= 0.6 is 0 Å². The molecule has 14 heavy (non-hydrogen) atoms. The standard InChI is InChI=1S/C10H18N2O2/c1-3-4-12-6-8(2)11-9(7-12)5-10(13)14/h3,8-9,11H,1,4-7H2,2H3,(H,13,14). The Labute approximate surface area is 84.6 Å². The highest BCUT2D eigenvalue weighted by Gasteiger charge is 2.24. The van der Waals surface area contributed by atoms with Crippen LogP contribution in [0.25, 0.3) is 0 Å². The van der Waals surface area contributed by atoms with Gasteiger partial charge in [0, 0.05) is 31.7 Å². The van der Waals surface area contributed by atoms with Crippen LogP contribution in [0.4, 0.5) is 0 Å². The summed E-state index contributed by atoms with van der Waals surface area (Å²) in [5, 5.41) is 12.0. The third-order valence-corrected chi connectivity index (χ3v) is 2.34. The monoisotopic (exact) mass is 198 g/mol. The average Bonchev–Trinajstić information content (AvgIpc) is 2.01. The highest BCUT2D eigenvalue weighted by Crippen LogP contribution is 2.06. The Bertz CT molecular complexity index is 218. The lowest BCUT2D eigenvalue weighted by atomic mass is 10.1. The van der Waals surface area contributed by atoms with Gasteiger partial charge in [-0.3, -0.25) is 9.69 Å². The zero-order valence-electron chi connectivity index (χ0n) is 8.57. The van der Waals surface area contributed by atoms with Crippen LogP contribution < -0.4 is 5.32 Å². The van der Waals surface area contributed by atoms with Gasteiger partial charge in [0.1, 0.15) is 0 Å². The van der Waals surface area contributed by atoms with Gasteiger partial charge in [-0.1, -0.05) is 6.08 Å². The highest BCUT2D eigenvalue weighted by atomic mass is 16.4. The van der Waals surface area contributed by atoms with E-state index < -0.39 is 5.97 Å². The Morgan fingerprint density at radius 3 is 3.00 bits per heavy atom. The minimum Gasteiger partial charge on any atom is -0.481 e. The summed E-state index contributed by atoms with van der Waals surface area (Å²) in [7, 11) is 0. The van der Waals surface area contributed by atoms with E-state index in [1.807, 2.05) is 6.08 Å². The fourth-order valence-electron chi connectivity index (χ4n) is 1.95. The van der Waals surface area contributed by atoms with Crippen LogP contribution in [0.15, 0.2) is 12.7 Å². The molecule has 1 aliphatic heterocycles. The number of rotatable bonds is 4. The van der Waals surface area contributed by atoms with Gasteiger partial charge in [-0.05, 0) is 6.92 Å². The maximum Gasteiger partial charge on any atom is 0.304 e. The van der Waals surface area contributed by atoms with E-state index in [1.165, 1.54) is 0 Å². The van der Waals surface area contributed by atoms with Gasteiger partial charge in [-0.2, -0.15) is 0 Å². The van der Waals surface area contributed by atoms with Gasteiger partial charge in [0.15, 0.2) is 0 Å². The molecule has 1 fully saturated rings. The molecule has 0 spiro atoms. The lowest BCUT2D eigenvalue weighted by Gasteiger charge is -2.36. The number of carboxylic acids is 1. The number of hydrogen-bond donors (Lipinski definition) is 2. The molecule has 0 aromatic rings. The summed E-state index contributed by atoms with van der Waals surface area (Å²) in [4.78, 5) is 12.8. The summed E-state index contributed by atoms with van der Waals surface area (Å²) in [6, 6.07) is 0.421. The number of aliphatic carboxylic acids is 1. The maximum absolute atomic E-state index is 10.6. The van der Waals surface area contributed by atoms with Crippen LogP contribution in [-0.4, -0.2) is 47.7 Å². The number of carbonyl (C=O) groups is 1. The molecule has 0 amide bonds. The Morgan fingerprint density at radius 2 is 2.43 bits per heavy atom. The first-order valence-corrected chi connectivity index (χ1v) is 4.93. The quantitative estimate of drug-likeness (QED) is 0.638. The van der Waals surface area contributed by atoms with Crippen LogP contribution in [-0.2, 0) is 4.79 Å². The smallest absolute Gasteiger partial charge is 0.304 e. The number of hydrogen-bond acceptors (Lipinski definition) is 3. The van der Waals surface area contributed by atoms with E-state index in [0.717, 1.165) is 19.6 Å². The normalized spacial score (nSPS) is 28.6. The van der Waals surface area contributed by atoms with E-state index in [-0.39, 0.29) is 12.5 Å². The van der Waals surface area contributed by atoms with Gasteiger partial charge < -0.3 is 10.4 Å². The molecule has 1 rings (SSSR count). The molecular weight excluding hydrogens is 180 g/mol. The molecule has 0 aromatic carbocycles. The van der Waals surface area contributed by atoms with E-state index in [4.69, 9.17) is 5.11 Å². The van der Waals surface area contributed by atoms with E-state index in [1.54, 1.807) is 0 Å².